The maximum atomic E-state index is 13.2. The van der Waals surface area contributed by atoms with E-state index in [1.807, 2.05) is 36.4 Å². The van der Waals surface area contributed by atoms with E-state index in [0.717, 1.165) is 5.56 Å². The fraction of sp³-hybridized carbons (Fsp3) is 0.0833. The SMILES string of the molecule is C[C@H](Oc1cccc(C=Nn2c(-c3ccccc3)nc3ccccc3c2=O)c1)C(=O)O. The molecule has 0 fully saturated rings. The lowest BCUT2D eigenvalue weighted by Crippen LogP contribution is -2.22. The molecule has 0 unspecified atom stereocenters. The van der Waals surface area contributed by atoms with Gasteiger partial charge in [-0.1, -0.05) is 54.6 Å². The molecule has 0 aliphatic heterocycles. The van der Waals surface area contributed by atoms with Crippen molar-refractivity contribution in [2.75, 3.05) is 0 Å². The van der Waals surface area contributed by atoms with Gasteiger partial charge in [0.05, 0.1) is 17.1 Å². The second-order valence-electron chi connectivity index (χ2n) is 6.85. The van der Waals surface area contributed by atoms with Crippen LogP contribution >= 0.6 is 0 Å². The molecule has 0 aliphatic rings. The number of hydrogen-bond acceptors (Lipinski definition) is 5. The molecule has 0 spiro atoms. The Bertz CT molecular complexity index is 1330. The van der Waals surface area contributed by atoms with Gasteiger partial charge in [-0.05, 0) is 36.8 Å². The number of aromatic nitrogens is 2. The minimum atomic E-state index is -1.06. The van der Waals surface area contributed by atoms with Crippen molar-refractivity contribution in [3.05, 3.63) is 94.8 Å². The average Bonchev–Trinajstić information content (AvgIpc) is 2.79. The Hall–Kier alpha value is -4.26. The van der Waals surface area contributed by atoms with Gasteiger partial charge >= 0.3 is 5.97 Å². The number of nitrogens with zero attached hydrogens (tertiary/aromatic N) is 3. The van der Waals surface area contributed by atoms with Gasteiger partial charge in [0.1, 0.15) is 5.75 Å². The van der Waals surface area contributed by atoms with E-state index < -0.39 is 12.1 Å². The van der Waals surface area contributed by atoms with Crippen molar-refractivity contribution in [3.8, 4) is 17.1 Å². The summed E-state index contributed by atoms with van der Waals surface area (Å²) in [6, 6.07) is 23.3. The van der Waals surface area contributed by atoms with E-state index in [0.29, 0.717) is 28.0 Å². The number of ether oxygens (including phenoxy) is 1. The quantitative estimate of drug-likeness (QED) is 0.485. The first-order valence-electron chi connectivity index (χ1n) is 9.64. The van der Waals surface area contributed by atoms with E-state index in [1.165, 1.54) is 17.8 Å². The molecule has 4 rings (SSSR count). The normalized spacial score (nSPS) is 12.2. The van der Waals surface area contributed by atoms with E-state index in [-0.39, 0.29) is 5.56 Å². The van der Waals surface area contributed by atoms with Gasteiger partial charge in [0.25, 0.3) is 5.56 Å². The van der Waals surface area contributed by atoms with Crippen LogP contribution in [0.5, 0.6) is 5.75 Å². The first-order valence-corrected chi connectivity index (χ1v) is 9.64. The van der Waals surface area contributed by atoms with Gasteiger partial charge in [-0.25, -0.2) is 9.78 Å². The van der Waals surface area contributed by atoms with Gasteiger partial charge in [-0.3, -0.25) is 4.79 Å². The molecule has 7 nitrogen and oxygen atoms in total. The summed E-state index contributed by atoms with van der Waals surface area (Å²) in [4.78, 5) is 28.8. The van der Waals surface area contributed by atoms with Gasteiger partial charge in [0.2, 0.25) is 0 Å². The molecule has 0 radical (unpaired) electrons. The summed E-state index contributed by atoms with van der Waals surface area (Å²) in [6.07, 6.45) is 0.534. The van der Waals surface area contributed by atoms with E-state index in [2.05, 4.69) is 10.1 Å². The topological polar surface area (TPSA) is 93.8 Å². The molecule has 154 valence electrons. The summed E-state index contributed by atoms with van der Waals surface area (Å²) in [5.41, 5.74) is 1.72. The maximum Gasteiger partial charge on any atom is 0.344 e. The number of para-hydroxylation sites is 1. The number of aliphatic carboxylic acids is 1. The third-order valence-corrected chi connectivity index (χ3v) is 4.63. The molecule has 1 atom stereocenters. The highest BCUT2D eigenvalue weighted by molar-refractivity contribution is 5.82. The molecule has 0 saturated carbocycles. The molecule has 1 heterocycles. The molecule has 31 heavy (non-hydrogen) atoms. The molecule has 0 saturated heterocycles. The predicted octanol–water partition coefficient (Wildman–Crippen LogP) is 3.80. The predicted molar refractivity (Wildman–Crippen MR) is 119 cm³/mol. The molecule has 0 amide bonds. The smallest absolute Gasteiger partial charge is 0.344 e. The van der Waals surface area contributed by atoms with Crippen molar-refractivity contribution in [1.82, 2.24) is 9.66 Å². The Labute approximate surface area is 177 Å². The van der Waals surface area contributed by atoms with E-state index in [9.17, 15) is 9.59 Å². The lowest BCUT2D eigenvalue weighted by atomic mass is 10.2. The Morgan fingerprint density at radius 2 is 1.81 bits per heavy atom. The molecule has 1 N–H and O–H groups in total. The van der Waals surface area contributed by atoms with Crippen molar-refractivity contribution in [2.45, 2.75) is 13.0 Å². The Balaban J connectivity index is 1.78. The minimum Gasteiger partial charge on any atom is -0.479 e. The van der Waals surface area contributed by atoms with Crippen LogP contribution in [0.15, 0.2) is 88.8 Å². The zero-order chi connectivity index (χ0) is 21.8. The highest BCUT2D eigenvalue weighted by Crippen LogP contribution is 2.19. The van der Waals surface area contributed by atoms with Crippen LogP contribution < -0.4 is 10.3 Å². The van der Waals surface area contributed by atoms with Crippen molar-refractivity contribution >= 4 is 23.1 Å². The highest BCUT2D eigenvalue weighted by atomic mass is 16.5. The van der Waals surface area contributed by atoms with Crippen LogP contribution in [0.3, 0.4) is 0 Å². The highest BCUT2D eigenvalue weighted by Gasteiger charge is 2.13. The zero-order valence-electron chi connectivity index (χ0n) is 16.7. The molecule has 0 aliphatic carbocycles. The first-order chi connectivity index (χ1) is 15.0. The van der Waals surface area contributed by atoms with Gasteiger partial charge in [-0.2, -0.15) is 9.78 Å². The van der Waals surface area contributed by atoms with Crippen molar-refractivity contribution in [2.24, 2.45) is 5.10 Å². The standard InChI is InChI=1S/C24H19N3O4/c1-16(24(29)30)31-19-11-7-8-17(14-19)15-25-27-22(18-9-3-2-4-10-18)26-21-13-6-5-12-20(21)23(27)28/h2-16H,1H3,(H,29,30)/t16-/m0/s1. The van der Waals surface area contributed by atoms with Crippen LogP contribution in [0.2, 0.25) is 0 Å². The van der Waals surface area contributed by atoms with Crippen LogP contribution in [0.4, 0.5) is 0 Å². The minimum absolute atomic E-state index is 0.285. The maximum absolute atomic E-state index is 13.2. The number of carbonyl (C=O) groups is 1. The summed E-state index contributed by atoms with van der Waals surface area (Å²) in [7, 11) is 0. The Morgan fingerprint density at radius 3 is 2.58 bits per heavy atom. The van der Waals surface area contributed by atoms with Gasteiger partial charge in [-0.15, -0.1) is 0 Å². The van der Waals surface area contributed by atoms with E-state index in [1.54, 1.807) is 42.5 Å². The van der Waals surface area contributed by atoms with Crippen molar-refractivity contribution < 1.29 is 14.6 Å². The van der Waals surface area contributed by atoms with Crippen LogP contribution in [0, 0.1) is 0 Å². The number of rotatable bonds is 6. The average molecular weight is 413 g/mol. The Morgan fingerprint density at radius 1 is 1.06 bits per heavy atom. The van der Waals surface area contributed by atoms with Gasteiger partial charge < -0.3 is 9.84 Å². The van der Waals surface area contributed by atoms with Crippen LogP contribution in [0.25, 0.3) is 22.3 Å². The summed E-state index contributed by atoms with van der Waals surface area (Å²) in [5, 5.41) is 13.9. The summed E-state index contributed by atoms with van der Waals surface area (Å²) < 4.78 is 6.67. The fourth-order valence-electron chi connectivity index (χ4n) is 3.05. The third kappa shape index (κ3) is 4.35. The monoisotopic (exact) mass is 413 g/mol. The second kappa shape index (κ2) is 8.62. The van der Waals surface area contributed by atoms with Gasteiger partial charge in [0, 0.05) is 5.56 Å². The van der Waals surface area contributed by atoms with Crippen LogP contribution in [0.1, 0.15) is 12.5 Å². The number of carboxylic acids is 1. The lowest BCUT2D eigenvalue weighted by Gasteiger charge is -2.11. The number of fused-ring (bicyclic) bond motifs is 1. The lowest BCUT2D eigenvalue weighted by molar-refractivity contribution is -0.144. The number of hydrogen-bond donors (Lipinski definition) is 1. The molecule has 4 aromatic rings. The molecule has 7 heteroatoms. The molecule has 0 bridgehead atoms. The third-order valence-electron chi connectivity index (χ3n) is 4.63. The summed E-state index contributed by atoms with van der Waals surface area (Å²) in [6.45, 7) is 1.45. The molecule has 1 aromatic heterocycles. The van der Waals surface area contributed by atoms with Crippen molar-refractivity contribution in [1.29, 1.82) is 0 Å². The second-order valence-corrected chi connectivity index (χ2v) is 6.85. The van der Waals surface area contributed by atoms with Crippen molar-refractivity contribution in [3.63, 3.8) is 0 Å². The number of benzene rings is 3. The Kier molecular flexibility index (Phi) is 5.57. The molecular formula is C24H19N3O4. The zero-order valence-corrected chi connectivity index (χ0v) is 16.7. The fourth-order valence-corrected chi connectivity index (χ4v) is 3.05. The number of carboxylic acid groups (broad SMARTS) is 1. The van der Waals surface area contributed by atoms with Crippen LogP contribution in [-0.2, 0) is 4.79 Å². The van der Waals surface area contributed by atoms with E-state index >= 15 is 0 Å². The van der Waals surface area contributed by atoms with E-state index in [4.69, 9.17) is 9.84 Å². The molecular weight excluding hydrogens is 394 g/mol. The van der Waals surface area contributed by atoms with Crippen LogP contribution in [-0.4, -0.2) is 33.1 Å². The summed E-state index contributed by atoms with van der Waals surface area (Å²) in [5.74, 6) is -0.237. The van der Waals surface area contributed by atoms with Gasteiger partial charge in [0.15, 0.2) is 11.9 Å². The summed E-state index contributed by atoms with van der Waals surface area (Å²) >= 11 is 0. The molecule has 3 aromatic carbocycles. The largest absolute Gasteiger partial charge is 0.479 e. The first kappa shape index (κ1) is 20.0.